The number of carbonyl (C=O) groups is 3. The third-order valence-electron chi connectivity index (χ3n) is 2.43. The predicted octanol–water partition coefficient (Wildman–Crippen LogP) is 1.33. The monoisotopic (exact) mass is 314 g/mol. The van der Waals surface area contributed by atoms with Gasteiger partial charge in [0.1, 0.15) is 13.2 Å². The SMILES string of the molecule is CC(NC(=O)NC(=O)COCC(=O)O)c1ccccc1Cl. The van der Waals surface area contributed by atoms with E-state index in [0.717, 1.165) is 0 Å². The summed E-state index contributed by atoms with van der Waals surface area (Å²) < 4.78 is 4.55. The molecule has 7 nitrogen and oxygen atoms in total. The van der Waals surface area contributed by atoms with Crippen molar-refractivity contribution in [3.05, 3.63) is 34.9 Å². The summed E-state index contributed by atoms with van der Waals surface area (Å²) in [6, 6.07) is 5.88. The molecule has 0 spiro atoms. The summed E-state index contributed by atoms with van der Waals surface area (Å²) in [5.41, 5.74) is 0.712. The van der Waals surface area contributed by atoms with Gasteiger partial charge in [0.25, 0.3) is 5.91 Å². The van der Waals surface area contributed by atoms with Gasteiger partial charge in [-0.1, -0.05) is 29.8 Å². The Morgan fingerprint density at radius 1 is 1.29 bits per heavy atom. The molecule has 0 bridgehead atoms. The fourth-order valence-electron chi connectivity index (χ4n) is 1.53. The van der Waals surface area contributed by atoms with Crippen LogP contribution in [0.1, 0.15) is 18.5 Å². The Balaban J connectivity index is 2.41. The molecule has 1 aromatic carbocycles. The minimum atomic E-state index is -1.19. The Bertz CT molecular complexity index is 535. The van der Waals surface area contributed by atoms with Crippen LogP contribution in [0, 0.1) is 0 Å². The summed E-state index contributed by atoms with van der Waals surface area (Å²) in [6.45, 7) is 0.595. The molecule has 0 saturated carbocycles. The Hall–Kier alpha value is -2.12. The van der Waals surface area contributed by atoms with E-state index in [1.165, 1.54) is 0 Å². The highest BCUT2D eigenvalue weighted by Gasteiger charge is 2.14. The van der Waals surface area contributed by atoms with Crippen LogP contribution in [0.4, 0.5) is 4.79 Å². The number of carboxylic acid groups (broad SMARTS) is 1. The summed E-state index contributed by atoms with van der Waals surface area (Å²) in [4.78, 5) is 33.1. The van der Waals surface area contributed by atoms with Gasteiger partial charge in [0.05, 0.1) is 6.04 Å². The summed E-state index contributed by atoms with van der Waals surface area (Å²) >= 11 is 5.99. The number of nitrogens with one attached hydrogen (secondary N) is 2. The van der Waals surface area contributed by atoms with Crippen molar-refractivity contribution in [3.63, 3.8) is 0 Å². The van der Waals surface area contributed by atoms with Gasteiger partial charge in [-0.3, -0.25) is 10.1 Å². The Labute approximate surface area is 126 Å². The van der Waals surface area contributed by atoms with Crippen molar-refractivity contribution in [2.75, 3.05) is 13.2 Å². The lowest BCUT2D eigenvalue weighted by Gasteiger charge is -2.15. The minimum Gasteiger partial charge on any atom is -0.480 e. The normalized spacial score (nSPS) is 11.5. The zero-order valence-corrected chi connectivity index (χ0v) is 12.0. The van der Waals surface area contributed by atoms with Gasteiger partial charge >= 0.3 is 12.0 Å². The molecule has 0 saturated heterocycles. The molecule has 3 amide bonds. The second-order valence-electron chi connectivity index (χ2n) is 4.15. The maximum absolute atomic E-state index is 11.6. The number of carboxylic acids is 1. The van der Waals surface area contributed by atoms with E-state index in [4.69, 9.17) is 16.7 Å². The first-order chi connectivity index (χ1) is 9.90. The highest BCUT2D eigenvalue weighted by molar-refractivity contribution is 6.31. The molecule has 0 aliphatic carbocycles. The molecule has 3 N–H and O–H groups in total. The molecule has 0 fully saturated rings. The zero-order valence-electron chi connectivity index (χ0n) is 11.3. The molecular formula is C13H15ClN2O5. The third-order valence-corrected chi connectivity index (χ3v) is 2.78. The van der Waals surface area contributed by atoms with E-state index in [1.54, 1.807) is 31.2 Å². The van der Waals surface area contributed by atoms with Crippen LogP contribution in [0.15, 0.2) is 24.3 Å². The molecule has 1 unspecified atom stereocenters. The number of hydrogen-bond donors (Lipinski definition) is 3. The van der Waals surface area contributed by atoms with Crippen LogP contribution in [0.2, 0.25) is 5.02 Å². The van der Waals surface area contributed by atoms with Crippen LogP contribution in [-0.2, 0) is 14.3 Å². The van der Waals surface area contributed by atoms with E-state index in [-0.39, 0.29) is 0 Å². The van der Waals surface area contributed by atoms with E-state index in [1.807, 2.05) is 5.32 Å². The molecule has 8 heteroatoms. The van der Waals surface area contributed by atoms with Crippen LogP contribution in [0.25, 0.3) is 0 Å². The number of aliphatic carboxylic acids is 1. The molecule has 0 radical (unpaired) electrons. The highest BCUT2D eigenvalue weighted by atomic mass is 35.5. The fourth-order valence-corrected chi connectivity index (χ4v) is 1.83. The van der Waals surface area contributed by atoms with Crippen LogP contribution >= 0.6 is 11.6 Å². The van der Waals surface area contributed by atoms with E-state index in [2.05, 4.69) is 10.1 Å². The van der Waals surface area contributed by atoms with E-state index in [0.29, 0.717) is 10.6 Å². The summed E-state index contributed by atoms with van der Waals surface area (Å²) in [5.74, 6) is -1.93. The number of halogens is 1. The van der Waals surface area contributed by atoms with Gasteiger partial charge in [-0.05, 0) is 18.6 Å². The predicted molar refractivity (Wildman–Crippen MR) is 75.0 cm³/mol. The smallest absolute Gasteiger partial charge is 0.329 e. The second kappa shape index (κ2) is 8.23. The van der Waals surface area contributed by atoms with Crippen molar-refractivity contribution < 1.29 is 24.2 Å². The van der Waals surface area contributed by atoms with E-state index in [9.17, 15) is 14.4 Å². The van der Waals surface area contributed by atoms with Crippen molar-refractivity contribution in [2.24, 2.45) is 0 Å². The van der Waals surface area contributed by atoms with Crippen LogP contribution in [0.3, 0.4) is 0 Å². The fraction of sp³-hybridized carbons (Fsp3) is 0.308. The van der Waals surface area contributed by atoms with Crippen LogP contribution in [-0.4, -0.2) is 36.2 Å². The maximum Gasteiger partial charge on any atom is 0.329 e. The molecule has 0 aliphatic heterocycles. The van der Waals surface area contributed by atoms with Gasteiger partial charge in [-0.25, -0.2) is 9.59 Å². The summed E-state index contributed by atoms with van der Waals surface area (Å²) in [5, 5.41) is 13.4. The number of amides is 3. The highest BCUT2D eigenvalue weighted by Crippen LogP contribution is 2.21. The molecule has 1 atom stereocenters. The molecule has 0 heterocycles. The van der Waals surface area contributed by atoms with Gasteiger partial charge in [0, 0.05) is 5.02 Å². The molecule has 114 valence electrons. The number of ether oxygens (including phenoxy) is 1. The van der Waals surface area contributed by atoms with Crippen LogP contribution < -0.4 is 10.6 Å². The molecule has 1 aromatic rings. The lowest BCUT2D eigenvalue weighted by molar-refractivity contribution is -0.143. The Morgan fingerprint density at radius 2 is 1.95 bits per heavy atom. The van der Waals surface area contributed by atoms with Crippen molar-refractivity contribution in [3.8, 4) is 0 Å². The molecule has 0 aromatic heterocycles. The zero-order chi connectivity index (χ0) is 15.8. The third kappa shape index (κ3) is 6.24. The first-order valence-corrected chi connectivity index (χ1v) is 6.42. The van der Waals surface area contributed by atoms with Crippen molar-refractivity contribution in [2.45, 2.75) is 13.0 Å². The summed E-state index contributed by atoms with van der Waals surface area (Å²) in [6.07, 6.45) is 0. The van der Waals surface area contributed by atoms with E-state index >= 15 is 0 Å². The second-order valence-corrected chi connectivity index (χ2v) is 4.56. The van der Waals surface area contributed by atoms with Crippen molar-refractivity contribution in [1.29, 1.82) is 0 Å². The van der Waals surface area contributed by atoms with E-state index < -0.39 is 37.2 Å². The minimum absolute atomic E-state index is 0.397. The molecular weight excluding hydrogens is 300 g/mol. The lowest BCUT2D eigenvalue weighted by Crippen LogP contribution is -2.42. The lowest BCUT2D eigenvalue weighted by atomic mass is 10.1. The Kier molecular flexibility index (Phi) is 6.64. The van der Waals surface area contributed by atoms with Gasteiger partial charge in [0.2, 0.25) is 0 Å². The van der Waals surface area contributed by atoms with Gasteiger partial charge in [0.15, 0.2) is 0 Å². The molecule has 21 heavy (non-hydrogen) atoms. The largest absolute Gasteiger partial charge is 0.480 e. The number of carbonyl (C=O) groups excluding carboxylic acids is 2. The quantitative estimate of drug-likeness (QED) is 0.734. The molecule has 1 rings (SSSR count). The van der Waals surface area contributed by atoms with Gasteiger partial charge in [-0.2, -0.15) is 0 Å². The van der Waals surface area contributed by atoms with Gasteiger partial charge in [-0.15, -0.1) is 0 Å². The Morgan fingerprint density at radius 3 is 2.57 bits per heavy atom. The number of urea groups is 1. The number of rotatable bonds is 6. The van der Waals surface area contributed by atoms with Crippen LogP contribution in [0.5, 0.6) is 0 Å². The van der Waals surface area contributed by atoms with Crippen molar-refractivity contribution >= 4 is 29.5 Å². The maximum atomic E-state index is 11.6. The summed E-state index contributed by atoms with van der Waals surface area (Å²) in [7, 11) is 0. The first kappa shape index (κ1) is 16.9. The average Bonchev–Trinajstić information content (AvgIpc) is 2.38. The average molecular weight is 315 g/mol. The van der Waals surface area contributed by atoms with Gasteiger partial charge < -0.3 is 15.2 Å². The number of benzene rings is 1. The molecule has 0 aliphatic rings. The standard InChI is InChI=1S/C13H15ClN2O5/c1-8(9-4-2-3-5-10(9)14)15-13(20)16-11(17)6-21-7-12(18)19/h2-5,8H,6-7H2,1H3,(H,18,19)(H2,15,16,17,20). The van der Waals surface area contributed by atoms with Crippen molar-refractivity contribution in [1.82, 2.24) is 10.6 Å². The number of imide groups is 1. The topological polar surface area (TPSA) is 105 Å². The number of hydrogen-bond acceptors (Lipinski definition) is 4. The first-order valence-electron chi connectivity index (χ1n) is 6.04.